The lowest BCUT2D eigenvalue weighted by molar-refractivity contribution is -0.384. The first-order chi connectivity index (χ1) is 21.7. The molecule has 1 amide bonds. The largest absolute Gasteiger partial charge is 0.497 e. The SMILES string of the molecule is COc1ccc(C[C@@H](C)N(C[C@H](O)c2ccc(OCc3ccccc3)c3[nH]c(=O)ccc23)C(=O)c2ccc([N+](=O)[O-])cc2)cc1. The Morgan fingerprint density at radius 2 is 1.64 bits per heavy atom. The maximum absolute atomic E-state index is 13.9. The fourth-order valence-corrected chi connectivity index (χ4v) is 5.25. The standard InChI is InChI=1S/C35H33N3O7/c1-23(20-24-8-14-28(44-2)15-9-24)37(35(41)26-10-12-27(13-11-26)38(42)43)21-31(39)29-16-18-32(34-30(29)17-19-33(40)36-34)45-22-25-6-4-3-5-7-25/h3-19,23,31,39H,20-22H2,1-2H3,(H,36,40)/t23-,31+/m1/s1. The molecule has 0 saturated carbocycles. The maximum atomic E-state index is 13.9. The second-order valence-electron chi connectivity index (χ2n) is 10.7. The van der Waals surface area contributed by atoms with Gasteiger partial charge in [0, 0.05) is 35.2 Å². The van der Waals surface area contributed by atoms with Gasteiger partial charge in [0.2, 0.25) is 5.56 Å². The molecule has 0 aliphatic rings. The highest BCUT2D eigenvalue weighted by molar-refractivity contribution is 5.95. The van der Waals surface area contributed by atoms with Gasteiger partial charge in [0.1, 0.15) is 18.1 Å². The fraction of sp³-hybridized carbons (Fsp3) is 0.200. The summed E-state index contributed by atoms with van der Waals surface area (Å²) in [4.78, 5) is 41.2. The molecular formula is C35H33N3O7. The first-order valence-corrected chi connectivity index (χ1v) is 14.4. The summed E-state index contributed by atoms with van der Waals surface area (Å²) in [6, 6.07) is 28.6. The van der Waals surface area contributed by atoms with Gasteiger partial charge < -0.3 is 24.5 Å². The number of aliphatic hydroxyl groups is 1. The number of nitro benzene ring substituents is 1. The third-order valence-electron chi connectivity index (χ3n) is 7.66. The van der Waals surface area contributed by atoms with Gasteiger partial charge in [0.25, 0.3) is 11.6 Å². The number of aliphatic hydroxyl groups excluding tert-OH is 1. The molecule has 0 saturated heterocycles. The number of nitro groups is 1. The van der Waals surface area contributed by atoms with Crippen LogP contribution in [0.4, 0.5) is 5.69 Å². The lowest BCUT2D eigenvalue weighted by atomic mass is 9.99. The van der Waals surface area contributed by atoms with Crippen LogP contribution in [0.1, 0.15) is 40.1 Å². The van der Waals surface area contributed by atoms with Gasteiger partial charge in [-0.05, 0) is 66.4 Å². The van der Waals surface area contributed by atoms with E-state index in [9.17, 15) is 24.8 Å². The molecule has 2 atom stereocenters. The molecule has 0 unspecified atom stereocenters. The number of benzene rings is 4. The van der Waals surface area contributed by atoms with Gasteiger partial charge >= 0.3 is 0 Å². The van der Waals surface area contributed by atoms with Gasteiger partial charge in [-0.15, -0.1) is 0 Å². The monoisotopic (exact) mass is 607 g/mol. The molecule has 5 rings (SSSR count). The molecule has 1 aromatic heterocycles. The zero-order valence-corrected chi connectivity index (χ0v) is 24.9. The van der Waals surface area contributed by atoms with E-state index in [2.05, 4.69) is 4.98 Å². The molecule has 0 spiro atoms. The Balaban J connectivity index is 1.45. The predicted molar refractivity (Wildman–Crippen MR) is 171 cm³/mol. The number of hydrogen-bond acceptors (Lipinski definition) is 7. The lowest BCUT2D eigenvalue weighted by Crippen LogP contribution is -2.42. The quantitative estimate of drug-likeness (QED) is 0.135. The second-order valence-corrected chi connectivity index (χ2v) is 10.7. The molecular weight excluding hydrogens is 574 g/mol. The number of non-ortho nitro benzene ring substituents is 1. The van der Waals surface area contributed by atoms with E-state index in [1.807, 2.05) is 61.5 Å². The molecule has 2 N–H and O–H groups in total. The summed E-state index contributed by atoms with van der Waals surface area (Å²) in [6.07, 6.45) is -0.655. The van der Waals surface area contributed by atoms with Crippen molar-refractivity contribution >= 4 is 22.5 Å². The predicted octanol–water partition coefficient (Wildman–Crippen LogP) is 5.83. The lowest BCUT2D eigenvalue weighted by Gasteiger charge is -2.32. The highest BCUT2D eigenvalue weighted by Gasteiger charge is 2.27. The van der Waals surface area contributed by atoms with Crippen LogP contribution in [0.5, 0.6) is 11.5 Å². The van der Waals surface area contributed by atoms with Crippen LogP contribution in [-0.2, 0) is 13.0 Å². The van der Waals surface area contributed by atoms with Gasteiger partial charge in [-0.3, -0.25) is 19.7 Å². The summed E-state index contributed by atoms with van der Waals surface area (Å²) in [5, 5.41) is 23.4. The summed E-state index contributed by atoms with van der Waals surface area (Å²) in [5.74, 6) is 0.779. The summed E-state index contributed by atoms with van der Waals surface area (Å²) in [5.41, 5.74) is 2.68. The first kappa shape index (κ1) is 31.0. The number of methoxy groups -OCH3 is 1. The Kier molecular flexibility index (Phi) is 9.54. The smallest absolute Gasteiger partial charge is 0.269 e. The summed E-state index contributed by atoms with van der Waals surface area (Å²) < 4.78 is 11.3. The molecule has 0 aliphatic carbocycles. The van der Waals surface area contributed by atoms with Crippen molar-refractivity contribution in [3.05, 3.63) is 146 Å². The number of hydrogen-bond donors (Lipinski definition) is 2. The Bertz CT molecular complexity index is 1840. The molecule has 0 fully saturated rings. The molecule has 230 valence electrons. The number of H-pyrrole nitrogens is 1. The van der Waals surface area contributed by atoms with Crippen molar-refractivity contribution in [1.82, 2.24) is 9.88 Å². The van der Waals surface area contributed by atoms with Crippen molar-refractivity contribution in [3.63, 3.8) is 0 Å². The van der Waals surface area contributed by atoms with E-state index < -0.39 is 11.0 Å². The topological polar surface area (TPSA) is 135 Å². The molecule has 0 bridgehead atoms. The van der Waals surface area contributed by atoms with Crippen LogP contribution in [0.3, 0.4) is 0 Å². The fourth-order valence-electron chi connectivity index (χ4n) is 5.25. The second kappa shape index (κ2) is 13.9. The van der Waals surface area contributed by atoms with E-state index in [1.54, 1.807) is 30.2 Å². The van der Waals surface area contributed by atoms with Crippen LogP contribution < -0.4 is 15.0 Å². The van der Waals surface area contributed by atoms with E-state index in [-0.39, 0.29) is 41.9 Å². The number of fused-ring (bicyclic) bond motifs is 1. The third kappa shape index (κ3) is 7.36. The zero-order chi connectivity index (χ0) is 31.9. The minimum absolute atomic E-state index is 0.0778. The molecule has 5 aromatic rings. The molecule has 45 heavy (non-hydrogen) atoms. The number of aromatic nitrogens is 1. The van der Waals surface area contributed by atoms with Crippen LogP contribution in [-0.4, -0.2) is 45.5 Å². The molecule has 0 aliphatic heterocycles. The molecule has 10 nitrogen and oxygen atoms in total. The van der Waals surface area contributed by atoms with Crippen LogP contribution in [0.25, 0.3) is 10.9 Å². The first-order valence-electron chi connectivity index (χ1n) is 14.4. The van der Waals surface area contributed by atoms with Crippen molar-refractivity contribution in [1.29, 1.82) is 0 Å². The summed E-state index contributed by atoms with van der Waals surface area (Å²) >= 11 is 0. The van der Waals surface area contributed by atoms with Crippen LogP contribution in [0.15, 0.2) is 108 Å². The van der Waals surface area contributed by atoms with E-state index in [0.717, 1.165) is 11.1 Å². The normalized spacial score (nSPS) is 12.3. The number of carbonyl (C=O) groups excluding carboxylic acids is 1. The third-order valence-corrected chi connectivity index (χ3v) is 7.66. The van der Waals surface area contributed by atoms with E-state index >= 15 is 0 Å². The highest BCUT2D eigenvalue weighted by atomic mass is 16.6. The Hall–Kier alpha value is -5.48. The highest BCUT2D eigenvalue weighted by Crippen LogP contribution is 2.31. The Morgan fingerprint density at radius 1 is 0.933 bits per heavy atom. The molecule has 1 heterocycles. The van der Waals surface area contributed by atoms with Gasteiger partial charge in [0.15, 0.2) is 0 Å². The number of carbonyl (C=O) groups is 1. The van der Waals surface area contributed by atoms with Gasteiger partial charge in [-0.2, -0.15) is 0 Å². The number of ether oxygens (including phenoxy) is 2. The Morgan fingerprint density at radius 3 is 2.31 bits per heavy atom. The average molecular weight is 608 g/mol. The van der Waals surface area contributed by atoms with Gasteiger partial charge in [-0.1, -0.05) is 48.5 Å². The number of aromatic amines is 1. The van der Waals surface area contributed by atoms with Gasteiger partial charge in [-0.25, -0.2) is 0 Å². The van der Waals surface area contributed by atoms with Crippen molar-refractivity contribution in [3.8, 4) is 11.5 Å². The van der Waals surface area contributed by atoms with Crippen LogP contribution in [0.2, 0.25) is 0 Å². The van der Waals surface area contributed by atoms with Crippen molar-refractivity contribution < 1.29 is 24.3 Å². The summed E-state index contributed by atoms with van der Waals surface area (Å²) in [6.45, 7) is 2.09. The maximum Gasteiger partial charge on any atom is 0.269 e. The summed E-state index contributed by atoms with van der Waals surface area (Å²) in [7, 11) is 1.59. The zero-order valence-electron chi connectivity index (χ0n) is 24.9. The minimum Gasteiger partial charge on any atom is -0.497 e. The van der Waals surface area contributed by atoms with Gasteiger partial charge in [0.05, 0.1) is 30.2 Å². The minimum atomic E-state index is -1.14. The number of nitrogens with one attached hydrogen (secondary N) is 1. The number of pyridine rings is 1. The van der Waals surface area contributed by atoms with Crippen molar-refractivity contribution in [2.75, 3.05) is 13.7 Å². The number of nitrogens with zero attached hydrogens (tertiary/aromatic N) is 2. The van der Waals surface area contributed by atoms with E-state index in [4.69, 9.17) is 9.47 Å². The number of rotatable bonds is 12. The Labute approximate surface area is 259 Å². The average Bonchev–Trinajstić information content (AvgIpc) is 3.06. The van der Waals surface area contributed by atoms with Crippen LogP contribution >= 0.6 is 0 Å². The molecule has 4 aromatic carbocycles. The van der Waals surface area contributed by atoms with Crippen molar-refractivity contribution in [2.45, 2.75) is 32.1 Å². The molecule has 10 heteroatoms. The van der Waals surface area contributed by atoms with Crippen molar-refractivity contribution in [2.24, 2.45) is 0 Å². The molecule has 0 radical (unpaired) electrons. The number of amides is 1. The van der Waals surface area contributed by atoms with E-state index in [1.165, 1.54) is 30.3 Å². The van der Waals surface area contributed by atoms with Crippen LogP contribution in [0, 0.1) is 10.1 Å². The van der Waals surface area contributed by atoms with E-state index in [0.29, 0.717) is 34.4 Å².